The largest absolute Gasteiger partial charge is 0.465 e. The molecule has 1 aromatic carbocycles. The predicted octanol–water partition coefficient (Wildman–Crippen LogP) is 6.52. The molecule has 0 saturated heterocycles. The van der Waals surface area contributed by atoms with Crippen LogP contribution in [0, 0.1) is 18.2 Å². The number of aryl methyl sites for hydroxylation is 1. The number of nitrogens with two attached hydrogens (primary N) is 1. The van der Waals surface area contributed by atoms with Crippen molar-refractivity contribution in [3.63, 3.8) is 0 Å². The fourth-order valence-electron chi connectivity index (χ4n) is 5.04. The van der Waals surface area contributed by atoms with Crippen LogP contribution in [0.5, 0.6) is 0 Å². The molecule has 9 nitrogen and oxygen atoms in total. The minimum absolute atomic E-state index is 0.112. The molecule has 3 aromatic rings. The van der Waals surface area contributed by atoms with Crippen LogP contribution in [0.25, 0.3) is 21.9 Å². The van der Waals surface area contributed by atoms with Crippen molar-refractivity contribution in [3.05, 3.63) is 41.6 Å². The zero-order valence-electron chi connectivity index (χ0n) is 22.8. The molecule has 0 saturated carbocycles. The first-order valence-corrected chi connectivity index (χ1v) is 12.5. The first-order chi connectivity index (χ1) is 17.6. The average Bonchev–Trinajstić information content (AvgIpc) is 2.78. The molecule has 4 N–H and O–H groups in total. The molecule has 0 bridgehead atoms. The molecule has 2 aromatic heterocycles. The highest BCUT2D eigenvalue weighted by Crippen LogP contribution is 2.44. The molecule has 0 spiro atoms. The van der Waals surface area contributed by atoms with Gasteiger partial charge in [0.1, 0.15) is 11.4 Å². The summed E-state index contributed by atoms with van der Waals surface area (Å²) in [5.41, 5.74) is 6.94. The molecule has 0 fully saturated rings. The standard InChI is InChI=1S/C28H34FN5O4/c1-14-17(12-31-19-8-9-20(27(2,3)4)34(24(14)19)26(36)37)16-10-15-11-21(30)32-13-18(15)23(22(16)29)33-25(35)38-28(5,6)7/h10-13,20H,8-9H2,1-7H3,(H2,30,32)(H,33,35)(H,36,37). The number of benzene rings is 1. The Balaban J connectivity index is 1.94. The molecule has 0 aliphatic carbocycles. The number of ether oxygens (including phenoxy) is 1. The number of nitrogens with one attached hydrogen (secondary N) is 1. The van der Waals surface area contributed by atoms with Crippen LogP contribution < -0.4 is 16.0 Å². The molecule has 1 unspecified atom stereocenters. The van der Waals surface area contributed by atoms with Crippen molar-refractivity contribution in [2.24, 2.45) is 5.41 Å². The lowest BCUT2D eigenvalue weighted by atomic mass is 9.79. The number of hydrogen-bond acceptors (Lipinski definition) is 6. The van der Waals surface area contributed by atoms with Crippen molar-refractivity contribution in [1.82, 2.24) is 9.97 Å². The Morgan fingerprint density at radius 1 is 1.13 bits per heavy atom. The summed E-state index contributed by atoms with van der Waals surface area (Å²) in [7, 11) is 0. The number of hydrogen-bond donors (Lipinski definition) is 3. The number of carbonyl (C=O) groups excluding carboxylic acids is 1. The van der Waals surface area contributed by atoms with E-state index >= 15 is 4.39 Å². The summed E-state index contributed by atoms with van der Waals surface area (Å²) in [6, 6.07) is 2.91. The molecule has 4 rings (SSSR count). The lowest BCUT2D eigenvalue weighted by molar-refractivity contribution is 0.0635. The minimum Gasteiger partial charge on any atom is -0.465 e. The molecule has 1 atom stereocenters. The van der Waals surface area contributed by atoms with E-state index in [1.165, 1.54) is 11.1 Å². The van der Waals surface area contributed by atoms with Gasteiger partial charge in [0.05, 0.1) is 17.1 Å². The molecule has 1 aliphatic heterocycles. The van der Waals surface area contributed by atoms with Gasteiger partial charge in [-0.3, -0.25) is 15.2 Å². The SMILES string of the molecule is Cc1c(-c2cc3cc(N)ncc3c(NC(=O)OC(C)(C)C)c2F)cnc2c1N(C(=O)O)C(C(C)(C)C)CC2. The van der Waals surface area contributed by atoms with Gasteiger partial charge >= 0.3 is 12.2 Å². The van der Waals surface area contributed by atoms with Crippen LogP contribution >= 0.6 is 0 Å². The Morgan fingerprint density at radius 3 is 2.42 bits per heavy atom. The summed E-state index contributed by atoms with van der Waals surface area (Å²) in [5.74, 6) is -0.492. The number of anilines is 3. The van der Waals surface area contributed by atoms with Gasteiger partial charge in [-0.15, -0.1) is 0 Å². The second-order valence-corrected chi connectivity index (χ2v) is 11.7. The number of pyridine rings is 2. The third-order valence-corrected chi connectivity index (χ3v) is 6.69. The van der Waals surface area contributed by atoms with E-state index < -0.39 is 23.6 Å². The summed E-state index contributed by atoms with van der Waals surface area (Å²) in [5, 5.41) is 13.6. The minimum atomic E-state index is -1.09. The predicted molar refractivity (Wildman–Crippen MR) is 146 cm³/mol. The van der Waals surface area contributed by atoms with Gasteiger partial charge in [-0.2, -0.15) is 0 Å². The van der Waals surface area contributed by atoms with Gasteiger partial charge in [-0.1, -0.05) is 20.8 Å². The number of amides is 2. The lowest BCUT2D eigenvalue weighted by Gasteiger charge is -2.43. The molecule has 2 amide bonds. The maximum Gasteiger partial charge on any atom is 0.412 e. The van der Waals surface area contributed by atoms with Crippen molar-refractivity contribution in [1.29, 1.82) is 0 Å². The summed E-state index contributed by atoms with van der Waals surface area (Å²) < 4.78 is 21.6. The summed E-state index contributed by atoms with van der Waals surface area (Å²) >= 11 is 0. The highest BCUT2D eigenvalue weighted by atomic mass is 19.1. The number of aromatic nitrogens is 2. The quantitative estimate of drug-likeness (QED) is 0.348. The maximum atomic E-state index is 16.2. The average molecular weight is 524 g/mol. The van der Waals surface area contributed by atoms with E-state index in [1.54, 1.807) is 46.0 Å². The fourth-order valence-corrected chi connectivity index (χ4v) is 5.04. The van der Waals surface area contributed by atoms with E-state index in [2.05, 4.69) is 15.3 Å². The van der Waals surface area contributed by atoms with Crippen molar-refractivity contribution < 1.29 is 23.8 Å². The van der Waals surface area contributed by atoms with Gasteiger partial charge in [0.25, 0.3) is 0 Å². The Hall–Kier alpha value is -3.95. The van der Waals surface area contributed by atoms with Crippen LogP contribution in [0.15, 0.2) is 24.5 Å². The van der Waals surface area contributed by atoms with Crippen LogP contribution in [0.1, 0.15) is 59.2 Å². The third kappa shape index (κ3) is 5.07. The van der Waals surface area contributed by atoms with Gasteiger partial charge in [-0.25, -0.2) is 19.0 Å². The van der Waals surface area contributed by atoms with Crippen LogP contribution in [-0.4, -0.2) is 38.9 Å². The van der Waals surface area contributed by atoms with Crippen LogP contribution in [0.3, 0.4) is 0 Å². The van der Waals surface area contributed by atoms with E-state index in [-0.39, 0.29) is 28.5 Å². The van der Waals surface area contributed by atoms with Crippen LogP contribution in [0.4, 0.5) is 31.2 Å². The van der Waals surface area contributed by atoms with Crippen LogP contribution in [-0.2, 0) is 11.2 Å². The Kier molecular flexibility index (Phi) is 6.71. The zero-order chi connectivity index (χ0) is 28.2. The highest BCUT2D eigenvalue weighted by molar-refractivity contribution is 6.04. The van der Waals surface area contributed by atoms with Gasteiger partial charge in [0, 0.05) is 34.9 Å². The number of halogens is 1. The van der Waals surface area contributed by atoms with E-state index in [0.29, 0.717) is 46.1 Å². The Morgan fingerprint density at radius 2 is 1.82 bits per heavy atom. The molecule has 10 heteroatoms. The second-order valence-electron chi connectivity index (χ2n) is 11.7. The number of fused-ring (bicyclic) bond motifs is 2. The number of nitrogen functional groups attached to an aromatic ring is 1. The van der Waals surface area contributed by atoms with Crippen molar-refractivity contribution in [2.75, 3.05) is 16.0 Å². The van der Waals surface area contributed by atoms with Gasteiger partial charge in [-0.05, 0) is 69.0 Å². The number of carbonyl (C=O) groups is 2. The fraction of sp³-hybridized carbons (Fsp3) is 0.429. The molecule has 202 valence electrons. The number of rotatable bonds is 2. The van der Waals surface area contributed by atoms with Gasteiger partial charge < -0.3 is 15.6 Å². The Labute approximate surface area is 221 Å². The molecule has 38 heavy (non-hydrogen) atoms. The Bertz CT molecular complexity index is 1440. The topological polar surface area (TPSA) is 131 Å². The van der Waals surface area contributed by atoms with E-state index in [1.807, 2.05) is 20.8 Å². The van der Waals surface area contributed by atoms with E-state index in [0.717, 1.165) is 0 Å². The molecule has 1 aliphatic rings. The summed E-state index contributed by atoms with van der Waals surface area (Å²) in [6.07, 6.45) is 2.28. The zero-order valence-corrected chi connectivity index (χ0v) is 22.8. The molecule has 3 heterocycles. The summed E-state index contributed by atoms with van der Waals surface area (Å²) in [4.78, 5) is 35.1. The third-order valence-electron chi connectivity index (χ3n) is 6.69. The first-order valence-electron chi connectivity index (χ1n) is 12.5. The molecular formula is C28H34FN5O4. The monoisotopic (exact) mass is 523 g/mol. The van der Waals surface area contributed by atoms with E-state index in [9.17, 15) is 14.7 Å². The van der Waals surface area contributed by atoms with Crippen molar-refractivity contribution in [3.8, 4) is 11.1 Å². The van der Waals surface area contributed by atoms with Crippen molar-refractivity contribution >= 4 is 40.2 Å². The second kappa shape index (κ2) is 9.41. The van der Waals surface area contributed by atoms with Gasteiger partial charge in [0.2, 0.25) is 0 Å². The van der Waals surface area contributed by atoms with Crippen molar-refractivity contribution in [2.45, 2.75) is 73.0 Å². The highest BCUT2D eigenvalue weighted by Gasteiger charge is 2.40. The maximum absolute atomic E-state index is 16.2. The number of carboxylic acid groups (broad SMARTS) is 1. The normalized spacial score (nSPS) is 15.8. The van der Waals surface area contributed by atoms with E-state index in [4.69, 9.17) is 10.5 Å². The molecular weight excluding hydrogens is 489 g/mol. The lowest BCUT2D eigenvalue weighted by Crippen LogP contribution is -2.50. The first kappa shape index (κ1) is 27.1. The smallest absolute Gasteiger partial charge is 0.412 e. The van der Waals surface area contributed by atoms with Gasteiger partial charge in [0.15, 0.2) is 5.82 Å². The summed E-state index contributed by atoms with van der Waals surface area (Å²) in [6.45, 7) is 12.9. The number of nitrogens with zero attached hydrogens (tertiary/aromatic N) is 3. The molecule has 0 radical (unpaired) electrons. The van der Waals surface area contributed by atoms with Crippen LogP contribution in [0.2, 0.25) is 0 Å².